The lowest BCUT2D eigenvalue weighted by Gasteiger charge is -2.15. The van der Waals surface area contributed by atoms with Crippen LogP contribution in [-0.2, 0) is 13.2 Å². The van der Waals surface area contributed by atoms with Crippen molar-refractivity contribution in [2.75, 3.05) is 13.7 Å². The van der Waals surface area contributed by atoms with E-state index in [1.165, 1.54) is 6.07 Å². The Labute approximate surface area is 138 Å². The molecule has 22 heavy (non-hydrogen) atoms. The van der Waals surface area contributed by atoms with Crippen molar-refractivity contribution in [3.8, 4) is 11.5 Å². The summed E-state index contributed by atoms with van der Waals surface area (Å²) in [7, 11) is 1.88. The fourth-order valence-corrected chi connectivity index (χ4v) is 2.52. The molecule has 0 atom stereocenters. The lowest BCUT2D eigenvalue weighted by molar-refractivity contribution is 0.265. The summed E-state index contributed by atoms with van der Waals surface area (Å²) in [6.45, 7) is 3.33. The molecular weight excluding hydrogens is 349 g/mol. The molecule has 0 saturated carbocycles. The third-order valence-corrected chi connectivity index (χ3v) is 3.86. The van der Waals surface area contributed by atoms with Crippen molar-refractivity contribution < 1.29 is 13.9 Å². The first-order valence-electron chi connectivity index (χ1n) is 7.11. The van der Waals surface area contributed by atoms with Crippen LogP contribution >= 0.6 is 15.9 Å². The summed E-state index contributed by atoms with van der Waals surface area (Å²) in [6.07, 6.45) is 0. The highest BCUT2D eigenvalue weighted by molar-refractivity contribution is 9.10. The standard InChI is InChI=1S/C17H19BrFNO2/c1-3-21-16-8-13(10-20-2)14(18)9-17(16)22-11-12-6-4-5-7-15(12)19/h4-9,20H,3,10-11H2,1-2H3. The molecule has 0 radical (unpaired) electrons. The molecule has 0 aliphatic carbocycles. The monoisotopic (exact) mass is 367 g/mol. The number of hydrogen-bond donors (Lipinski definition) is 1. The predicted octanol–water partition coefficient (Wildman–Crippen LogP) is 4.29. The van der Waals surface area contributed by atoms with Gasteiger partial charge in [-0.05, 0) is 37.7 Å². The zero-order valence-corrected chi connectivity index (χ0v) is 14.2. The van der Waals surface area contributed by atoms with Crippen LogP contribution in [0, 0.1) is 5.82 Å². The van der Waals surface area contributed by atoms with E-state index in [1.54, 1.807) is 18.2 Å². The summed E-state index contributed by atoms with van der Waals surface area (Å²) < 4.78 is 26.0. The van der Waals surface area contributed by atoms with Crippen LogP contribution < -0.4 is 14.8 Å². The largest absolute Gasteiger partial charge is 0.490 e. The predicted molar refractivity (Wildman–Crippen MR) is 88.8 cm³/mol. The van der Waals surface area contributed by atoms with Gasteiger partial charge >= 0.3 is 0 Å². The molecule has 0 bridgehead atoms. The third kappa shape index (κ3) is 4.21. The highest BCUT2D eigenvalue weighted by atomic mass is 79.9. The van der Waals surface area contributed by atoms with E-state index in [4.69, 9.17) is 9.47 Å². The van der Waals surface area contributed by atoms with E-state index in [0.29, 0.717) is 30.2 Å². The van der Waals surface area contributed by atoms with Gasteiger partial charge in [-0.3, -0.25) is 0 Å². The van der Waals surface area contributed by atoms with Crippen LogP contribution in [0.5, 0.6) is 11.5 Å². The van der Waals surface area contributed by atoms with Crippen LogP contribution in [0.25, 0.3) is 0 Å². The van der Waals surface area contributed by atoms with Crippen LogP contribution in [0.1, 0.15) is 18.1 Å². The minimum absolute atomic E-state index is 0.157. The highest BCUT2D eigenvalue weighted by Crippen LogP contribution is 2.34. The van der Waals surface area contributed by atoms with Gasteiger partial charge in [0.05, 0.1) is 6.61 Å². The van der Waals surface area contributed by atoms with Crippen LogP contribution in [0.3, 0.4) is 0 Å². The van der Waals surface area contributed by atoms with Crippen molar-refractivity contribution in [2.45, 2.75) is 20.1 Å². The molecule has 0 spiro atoms. The molecule has 1 N–H and O–H groups in total. The molecule has 0 saturated heterocycles. The van der Waals surface area contributed by atoms with Gasteiger partial charge in [-0.2, -0.15) is 0 Å². The first-order chi connectivity index (χ1) is 10.7. The molecule has 2 rings (SSSR count). The summed E-state index contributed by atoms with van der Waals surface area (Å²) in [5, 5.41) is 3.10. The van der Waals surface area contributed by atoms with Crippen LogP contribution in [0.4, 0.5) is 4.39 Å². The van der Waals surface area contributed by atoms with Crippen molar-refractivity contribution in [1.29, 1.82) is 0 Å². The fourth-order valence-electron chi connectivity index (χ4n) is 2.06. The lowest BCUT2D eigenvalue weighted by Crippen LogP contribution is -2.07. The van der Waals surface area contributed by atoms with Crippen molar-refractivity contribution in [2.24, 2.45) is 0 Å². The lowest BCUT2D eigenvalue weighted by atomic mass is 10.2. The van der Waals surface area contributed by atoms with Gasteiger partial charge < -0.3 is 14.8 Å². The minimum Gasteiger partial charge on any atom is -0.490 e. The molecule has 5 heteroatoms. The van der Waals surface area contributed by atoms with E-state index >= 15 is 0 Å². The third-order valence-electron chi connectivity index (χ3n) is 3.12. The Bertz CT molecular complexity index is 634. The van der Waals surface area contributed by atoms with E-state index < -0.39 is 0 Å². The van der Waals surface area contributed by atoms with Gasteiger partial charge in [0.15, 0.2) is 11.5 Å². The molecule has 0 aliphatic rings. The number of ether oxygens (including phenoxy) is 2. The normalized spacial score (nSPS) is 10.5. The maximum atomic E-state index is 13.7. The second-order valence-corrected chi connectivity index (χ2v) is 5.59. The first kappa shape index (κ1) is 16.8. The van der Waals surface area contributed by atoms with Gasteiger partial charge in [0.1, 0.15) is 12.4 Å². The number of rotatable bonds is 7. The highest BCUT2D eigenvalue weighted by Gasteiger charge is 2.11. The van der Waals surface area contributed by atoms with Crippen molar-refractivity contribution >= 4 is 15.9 Å². The summed E-state index contributed by atoms with van der Waals surface area (Å²) in [4.78, 5) is 0. The average molecular weight is 368 g/mol. The fraction of sp³-hybridized carbons (Fsp3) is 0.294. The zero-order valence-electron chi connectivity index (χ0n) is 12.7. The molecule has 2 aromatic rings. The Hall–Kier alpha value is -1.59. The Morgan fingerprint density at radius 2 is 1.82 bits per heavy atom. The van der Waals surface area contributed by atoms with E-state index in [0.717, 1.165) is 10.0 Å². The minimum atomic E-state index is -0.272. The molecule has 0 heterocycles. The molecule has 0 amide bonds. The number of nitrogens with one attached hydrogen (secondary N) is 1. The van der Waals surface area contributed by atoms with Gasteiger partial charge in [-0.25, -0.2) is 4.39 Å². The zero-order chi connectivity index (χ0) is 15.9. The molecule has 118 valence electrons. The molecule has 2 aromatic carbocycles. The van der Waals surface area contributed by atoms with Crippen LogP contribution in [0.2, 0.25) is 0 Å². The molecule has 0 fully saturated rings. The van der Waals surface area contributed by atoms with Gasteiger partial charge in [0, 0.05) is 16.6 Å². The van der Waals surface area contributed by atoms with E-state index in [1.807, 2.05) is 26.1 Å². The number of benzene rings is 2. The van der Waals surface area contributed by atoms with Crippen molar-refractivity contribution in [1.82, 2.24) is 5.32 Å². The van der Waals surface area contributed by atoms with Gasteiger partial charge in [-0.1, -0.05) is 34.1 Å². The molecule has 0 aliphatic heterocycles. The average Bonchev–Trinajstić information content (AvgIpc) is 2.50. The van der Waals surface area contributed by atoms with Crippen LogP contribution in [0.15, 0.2) is 40.9 Å². The second-order valence-electron chi connectivity index (χ2n) is 4.73. The quantitative estimate of drug-likeness (QED) is 0.791. The Morgan fingerprint density at radius 1 is 1.09 bits per heavy atom. The van der Waals surface area contributed by atoms with Crippen molar-refractivity contribution in [3.63, 3.8) is 0 Å². The summed E-state index contributed by atoms with van der Waals surface area (Å²) in [6, 6.07) is 10.4. The van der Waals surface area contributed by atoms with E-state index in [9.17, 15) is 4.39 Å². The maximum Gasteiger partial charge on any atom is 0.162 e. The Morgan fingerprint density at radius 3 is 2.50 bits per heavy atom. The molecular formula is C17H19BrFNO2. The first-order valence-corrected chi connectivity index (χ1v) is 7.91. The topological polar surface area (TPSA) is 30.5 Å². The Kier molecular flexibility index (Phi) is 6.21. The van der Waals surface area contributed by atoms with Crippen LogP contribution in [-0.4, -0.2) is 13.7 Å². The molecule has 3 nitrogen and oxygen atoms in total. The smallest absolute Gasteiger partial charge is 0.162 e. The Balaban J connectivity index is 2.22. The van der Waals surface area contributed by atoms with E-state index in [-0.39, 0.29) is 12.4 Å². The SMILES string of the molecule is CCOc1cc(CNC)c(Br)cc1OCc1ccccc1F. The summed E-state index contributed by atoms with van der Waals surface area (Å²) >= 11 is 3.52. The van der Waals surface area contributed by atoms with Gasteiger partial charge in [0.2, 0.25) is 0 Å². The maximum absolute atomic E-state index is 13.7. The summed E-state index contributed by atoms with van der Waals surface area (Å²) in [5.41, 5.74) is 1.59. The number of halogens is 2. The number of hydrogen-bond acceptors (Lipinski definition) is 3. The molecule has 0 unspecified atom stereocenters. The second kappa shape index (κ2) is 8.15. The molecule has 0 aromatic heterocycles. The van der Waals surface area contributed by atoms with Gasteiger partial charge in [0.25, 0.3) is 0 Å². The van der Waals surface area contributed by atoms with Crippen molar-refractivity contribution in [3.05, 3.63) is 57.8 Å². The van der Waals surface area contributed by atoms with Gasteiger partial charge in [-0.15, -0.1) is 0 Å². The van der Waals surface area contributed by atoms with E-state index in [2.05, 4.69) is 21.2 Å². The summed E-state index contributed by atoms with van der Waals surface area (Å²) in [5.74, 6) is 0.982.